The van der Waals surface area contributed by atoms with Gasteiger partial charge >= 0.3 is 0 Å². The van der Waals surface area contributed by atoms with E-state index in [-0.39, 0.29) is 5.60 Å². The van der Waals surface area contributed by atoms with Gasteiger partial charge in [0.05, 0.1) is 6.61 Å². The summed E-state index contributed by atoms with van der Waals surface area (Å²) in [4.78, 5) is 2.57. The van der Waals surface area contributed by atoms with E-state index in [4.69, 9.17) is 4.74 Å². The summed E-state index contributed by atoms with van der Waals surface area (Å²) >= 11 is 0. The number of benzene rings is 2. The maximum absolute atomic E-state index is 6.17. The Kier molecular flexibility index (Phi) is 3.36. The molecule has 0 N–H and O–H groups in total. The third-order valence-electron chi connectivity index (χ3n) is 5.82. The zero-order valence-electron chi connectivity index (χ0n) is 13.9. The monoisotopic (exact) mass is 317 g/mol. The molecule has 0 aromatic heterocycles. The number of nitrogens with zero attached hydrogens (tertiary/aromatic N) is 1. The largest absolute Gasteiger partial charge is 0.364 e. The van der Waals surface area contributed by atoms with Crippen LogP contribution in [-0.4, -0.2) is 36.7 Å². The summed E-state index contributed by atoms with van der Waals surface area (Å²) in [5, 5.41) is 0. The molecule has 122 valence electrons. The van der Waals surface area contributed by atoms with Gasteiger partial charge in [-0.1, -0.05) is 54.6 Å². The van der Waals surface area contributed by atoms with Gasteiger partial charge in [0.2, 0.25) is 0 Å². The van der Waals surface area contributed by atoms with Crippen LogP contribution in [0.2, 0.25) is 0 Å². The van der Waals surface area contributed by atoms with Crippen LogP contribution in [0.1, 0.15) is 29.0 Å². The molecule has 0 bridgehead atoms. The van der Waals surface area contributed by atoms with Crippen molar-refractivity contribution < 1.29 is 4.74 Å². The number of aryl methyl sites for hydroxylation is 1. The lowest BCUT2D eigenvalue weighted by Crippen LogP contribution is -2.61. The first-order valence-electron chi connectivity index (χ1n) is 9.03. The van der Waals surface area contributed by atoms with Crippen molar-refractivity contribution >= 4 is 5.57 Å². The first-order chi connectivity index (χ1) is 11.8. The molecule has 0 amide bonds. The Hall–Kier alpha value is -1.90. The molecule has 1 unspecified atom stereocenters. The molecule has 1 atom stereocenters. The first kappa shape index (κ1) is 14.4. The lowest BCUT2D eigenvalue weighted by molar-refractivity contribution is -0.0914. The van der Waals surface area contributed by atoms with Gasteiger partial charge in [-0.2, -0.15) is 0 Å². The Balaban J connectivity index is 1.25. The van der Waals surface area contributed by atoms with Gasteiger partial charge in [0, 0.05) is 19.6 Å². The predicted octanol–water partition coefficient (Wildman–Crippen LogP) is 3.88. The van der Waals surface area contributed by atoms with E-state index in [1.54, 1.807) is 11.1 Å². The Bertz CT molecular complexity index is 774. The number of fused-ring (bicyclic) bond motifs is 1. The van der Waals surface area contributed by atoms with E-state index < -0.39 is 0 Å². The van der Waals surface area contributed by atoms with Gasteiger partial charge in [-0.05, 0) is 47.1 Å². The maximum atomic E-state index is 6.17. The summed E-state index contributed by atoms with van der Waals surface area (Å²) in [6, 6.07) is 19.6. The van der Waals surface area contributed by atoms with Crippen LogP contribution in [-0.2, 0) is 11.2 Å². The van der Waals surface area contributed by atoms with Crippen LogP contribution in [0.15, 0.2) is 60.7 Å². The van der Waals surface area contributed by atoms with E-state index >= 15 is 0 Å². The third kappa shape index (κ3) is 2.42. The highest BCUT2D eigenvalue weighted by molar-refractivity contribution is 5.69. The van der Waals surface area contributed by atoms with Gasteiger partial charge in [0.15, 0.2) is 0 Å². The van der Waals surface area contributed by atoms with E-state index in [0.717, 1.165) is 19.7 Å². The first-order valence-corrected chi connectivity index (χ1v) is 9.03. The number of rotatable bonds is 3. The molecule has 5 rings (SSSR count). The van der Waals surface area contributed by atoms with Crippen LogP contribution in [0.4, 0.5) is 0 Å². The Labute approximate surface area is 143 Å². The molecule has 2 nitrogen and oxygen atoms in total. The highest BCUT2D eigenvalue weighted by Crippen LogP contribution is 2.39. The van der Waals surface area contributed by atoms with Gasteiger partial charge in [-0.3, -0.25) is 4.90 Å². The molecule has 1 spiro atoms. The summed E-state index contributed by atoms with van der Waals surface area (Å²) in [6.07, 6.45) is 4.92. The number of likely N-dealkylation sites (tertiary alicyclic amines) is 1. The summed E-state index contributed by atoms with van der Waals surface area (Å²) < 4.78 is 6.17. The number of hydrogen-bond acceptors (Lipinski definition) is 2. The minimum atomic E-state index is -0.0245. The Morgan fingerprint density at radius 2 is 1.79 bits per heavy atom. The highest BCUT2D eigenvalue weighted by atomic mass is 16.5. The molecule has 1 saturated heterocycles. The minimum absolute atomic E-state index is 0.0245. The fourth-order valence-electron chi connectivity index (χ4n) is 4.61. The van der Waals surface area contributed by atoms with Crippen LogP contribution in [0.3, 0.4) is 0 Å². The van der Waals surface area contributed by atoms with Crippen molar-refractivity contribution in [1.82, 2.24) is 4.90 Å². The van der Waals surface area contributed by atoms with E-state index in [1.807, 2.05) is 0 Å². The van der Waals surface area contributed by atoms with Crippen LogP contribution < -0.4 is 0 Å². The number of hydrogen-bond donors (Lipinski definition) is 0. The van der Waals surface area contributed by atoms with Crippen molar-refractivity contribution in [2.24, 2.45) is 0 Å². The minimum Gasteiger partial charge on any atom is -0.364 e. The van der Waals surface area contributed by atoms with Crippen LogP contribution in [0.25, 0.3) is 5.57 Å². The van der Waals surface area contributed by atoms with Gasteiger partial charge in [-0.25, -0.2) is 0 Å². The molecule has 1 fully saturated rings. The van der Waals surface area contributed by atoms with Gasteiger partial charge in [0.1, 0.15) is 5.60 Å². The second kappa shape index (κ2) is 5.58. The lowest BCUT2D eigenvalue weighted by atomic mass is 9.90. The van der Waals surface area contributed by atoms with E-state index in [1.165, 1.54) is 30.5 Å². The lowest BCUT2D eigenvalue weighted by Gasteiger charge is -2.47. The van der Waals surface area contributed by atoms with Gasteiger partial charge in [-0.15, -0.1) is 0 Å². The fraction of sp³-hybridized carbons (Fsp3) is 0.364. The van der Waals surface area contributed by atoms with E-state index in [0.29, 0.717) is 5.92 Å². The molecule has 3 aliphatic rings. The fourth-order valence-corrected chi connectivity index (χ4v) is 4.61. The van der Waals surface area contributed by atoms with Crippen molar-refractivity contribution in [2.75, 3.05) is 26.2 Å². The zero-order chi connectivity index (χ0) is 16.0. The summed E-state index contributed by atoms with van der Waals surface area (Å²) in [7, 11) is 0. The van der Waals surface area contributed by atoms with Crippen LogP contribution >= 0.6 is 0 Å². The molecular formula is C22H23NO. The summed E-state index contributed by atoms with van der Waals surface area (Å²) in [5.74, 6) is 0.706. The molecule has 2 heteroatoms. The molecule has 2 aromatic rings. The molecule has 1 aliphatic carbocycles. The average Bonchev–Trinajstić information content (AvgIpc) is 3.21. The molecule has 24 heavy (non-hydrogen) atoms. The highest BCUT2D eigenvalue weighted by Gasteiger charge is 2.46. The van der Waals surface area contributed by atoms with Crippen molar-refractivity contribution in [1.29, 1.82) is 0 Å². The second-order valence-corrected chi connectivity index (χ2v) is 7.49. The quantitative estimate of drug-likeness (QED) is 0.852. The van der Waals surface area contributed by atoms with Crippen LogP contribution in [0, 0.1) is 0 Å². The van der Waals surface area contributed by atoms with Crippen molar-refractivity contribution in [2.45, 2.75) is 24.4 Å². The summed E-state index contributed by atoms with van der Waals surface area (Å²) in [5.41, 5.74) is 5.76. The topological polar surface area (TPSA) is 12.5 Å². The average molecular weight is 317 g/mol. The molecule has 0 saturated carbocycles. The number of ether oxygens (including phenoxy) is 1. The van der Waals surface area contributed by atoms with Gasteiger partial charge < -0.3 is 4.74 Å². The SMILES string of the molecule is C1=C(c2ccccc2)COC12CN(CC1CCc3ccccc31)C2. The molecule has 0 radical (unpaired) electrons. The summed E-state index contributed by atoms with van der Waals surface area (Å²) in [6.45, 7) is 4.02. The zero-order valence-corrected chi connectivity index (χ0v) is 13.9. The maximum Gasteiger partial charge on any atom is 0.113 e. The molecule has 2 heterocycles. The molecule has 2 aliphatic heterocycles. The van der Waals surface area contributed by atoms with Crippen molar-refractivity contribution in [3.05, 3.63) is 77.4 Å². The Morgan fingerprint density at radius 1 is 1.00 bits per heavy atom. The van der Waals surface area contributed by atoms with Crippen molar-refractivity contribution in [3.63, 3.8) is 0 Å². The Morgan fingerprint density at radius 3 is 2.67 bits per heavy atom. The smallest absolute Gasteiger partial charge is 0.113 e. The molecular weight excluding hydrogens is 294 g/mol. The van der Waals surface area contributed by atoms with Crippen molar-refractivity contribution in [3.8, 4) is 0 Å². The second-order valence-electron chi connectivity index (χ2n) is 7.49. The predicted molar refractivity (Wildman–Crippen MR) is 97.0 cm³/mol. The third-order valence-corrected chi connectivity index (χ3v) is 5.82. The molecule has 2 aromatic carbocycles. The standard InChI is InChI=1S/C22H23NO/c1-2-6-17(7-3-1)20-12-22(24-14-20)15-23(16-22)13-19-11-10-18-8-4-5-9-21(18)19/h1-9,12,19H,10-11,13-16H2. The van der Waals surface area contributed by atoms with E-state index in [2.05, 4.69) is 65.6 Å². The van der Waals surface area contributed by atoms with E-state index in [9.17, 15) is 0 Å². The van der Waals surface area contributed by atoms with Crippen LogP contribution in [0.5, 0.6) is 0 Å². The van der Waals surface area contributed by atoms with Gasteiger partial charge in [0.25, 0.3) is 0 Å². The normalized spacial score (nSPS) is 24.7.